The highest BCUT2D eigenvalue weighted by Gasteiger charge is 2.12. The molecule has 0 aliphatic carbocycles. The molecule has 3 aromatic rings. The number of benzene rings is 2. The van der Waals surface area contributed by atoms with E-state index in [1.165, 1.54) is 12.1 Å². The zero-order chi connectivity index (χ0) is 14.3. The van der Waals surface area contributed by atoms with Crippen molar-refractivity contribution in [2.45, 2.75) is 6.92 Å². The third kappa shape index (κ3) is 1.87. The van der Waals surface area contributed by atoms with Crippen LogP contribution in [0.25, 0.3) is 22.4 Å². The molecule has 0 atom stereocenters. The molecule has 0 aliphatic rings. The van der Waals surface area contributed by atoms with Gasteiger partial charge in [-0.1, -0.05) is 12.1 Å². The van der Waals surface area contributed by atoms with Crippen molar-refractivity contribution in [1.29, 1.82) is 0 Å². The van der Waals surface area contributed by atoms with Gasteiger partial charge < -0.3 is 10.7 Å². The van der Waals surface area contributed by atoms with Crippen molar-refractivity contribution in [3.8, 4) is 11.4 Å². The van der Waals surface area contributed by atoms with Gasteiger partial charge in [-0.3, -0.25) is 10.1 Å². The van der Waals surface area contributed by atoms with Gasteiger partial charge in [0.15, 0.2) is 0 Å². The van der Waals surface area contributed by atoms with Crippen LogP contribution in [0.2, 0.25) is 0 Å². The van der Waals surface area contributed by atoms with Gasteiger partial charge in [-0.2, -0.15) is 0 Å². The SMILES string of the molecule is Cc1c(N)cccc1-c1nc2ccc([N+](=O)[O-])cc2[nH]1. The third-order valence-electron chi connectivity index (χ3n) is 3.31. The van der Waals surface area contributed by atoms with Gasteiger partial charge in [0.05, 0.1) is 16.0 Å². The van der Waals surface area contributed by atoms with E-state index in [-0.39, 0.29) is 5.69 Å². The first kappa shape index (κ1) is 12.2. The van der Waals surface area contributed by atoms with E-state index in [1.54, 1.807) is 6.07 Å². The summed E-state index contributed by atoms with van der Waals surface area (Å²) in [6, 6.07) is 10.2. The molecule has 0 bridgehead atoms. The van der Waals surface area contributed by atoms with Gasteiger partial charge in [-0.05, 0) is 24.6 Å². The molecule has 0 unspecified atom stereocenters. The number of nitro benzene ring substituents is 1. The van der Waals surface area contributed by atoms with Crippen molar-refractivity contribution in [3.63, 3.8) is 0 Å². The first-order valence-electron chi connectivity index (χ1n) is 6.06. The van der Waals surface area contributed by atoms with Gasteiger partial charge in [0, 0.05) is 23.4 Å². The number of nitro groups is 1. The molecular formula is C14H12N4O2. The fraction of sp³-hybridized carbons (Fsp3) is 0.0714. The topological polar surface area (TPSA) is 97.8 Å². The number of anilines is 1. The molecule has 0 amide bonds. The fourth-order valence-electron chi connectivity index (χ4n) is 2.15. The largest absolute Gasteiger partial charge is 0.398 e. The number of H-pyrrole nitrogens is 1. The number of nitrogens with one attached hydrogen (secondary N) is 1. The van der Waals surface area contributed by atoms with E-state index in [2.05, 4.69) is 9.97 Å². The second-order valence-corrected chi connectivity index (χ2v) is 4.56. The number of hydrogen-bond donors (Lipinski definition) is 2. The predicted octanol–water partition coefficient (Wildman–Crippen LogP) is 3.03. The Bertz CT molecular complexity index is 823. The van der Waals surface area contributed by atoms with E-state index in [1.807, 2.05) is 25.1 Å². The molecule has 100 valence electrons. The number of fused-ring (bicyclic) bond motifs is 1. The fourth-order valence-corrected chi connectivity index (χ4v) is 2.15. The van der Waals surface area contributed by atoms with E-state index in [0.717, 1.165) is 11.1 Å². The smallest absolute Gasteiger partial charge is 0.271 e. The molecule has 6 nitrogen and oxygen atoms in total. The molecule has 3 N–H and O–H groups in total. The van der Waals surface area contributed by atoms with Crippen molar-refractivity contribution in [3.05, 3.63) is 52.1 Å². The maximum absolute atomic E-state index is 10.8. The van der Waals surface area contributed by atoms with Crippen LogP contribution in [-0.2, 0) is 0 Å². The van der Waals surface area contributed by atoms with Crippen molar-refractivity contribution >= 4 is 22.4 Å². The number of aromatic amines is 1. The van der Waals surface area contributed by atoms with E-state index in [0.29, 0.717) is 22.5 Å². The van der Waals surface area contributed by atoms with Crippen LogP contribution in [0.15, 0.2) is 36.4 Å². The Hall–Kier alpha value is -2.89. The average Bonchev–Trinajstić information content (AvgIpc) is 2.84. The van der Waals surface area contributed by atoms with Crippen LogP contribution in [0, 0.1) is 17.0 Å². The highest BCUT2D eigenvalue weighted by molar-refractivity contribution is 5.82. The van der Waals surface area contributed by atoms with Crippen LogP contribution in [0.1, 0.15) is 5.56 Å². The molecule has 0 radical (unpaired) electrons. The molecule has 2 aromatic carbocycles. The van der Waals surface area contributed by atoms with Crippen LogP contribution in [0.3, 0.4) is 0 Å². The summed E-state index contributed by atoms with van der Waals surface area (Å²) in [6.07, 6.45) is 0. The summed E-state index contributed by atoms with van der Waals surface area (Å²) in [5.41, 5.74) is 9.76. The monoisotopic (exact) mass is 268 g/mol. The normalized spacial score (nSPS) is 10.8. The van der Waals surface area contributed by atoms with Crippen LogP contribution in [-0.4, -0.2) is 14.9 Å². The summed E-state index contributed by atoms with van der Waals surface area (Å²) >= 11 is 0. The number of hydrogen-bond acceptors (Lipinski definition) is 4. The van der Waals surface area contributed by atoms with Crippen molar-refractivity contribution in [1.82, 2.24) is 9.97 Å². The van der Waals surface area contributed by atoms with Gasteiger partial charge in [0.25, 0.3) is 5.69 Å². The molecule has 1 aromatic heterocycles. The number of imidazole rings is 1. The number of nitrogen functional groups attached to an aromatic ring is 1. The molecule has 20 heavy (non-hydrogen) atoms. The minimum atomic E-state index is -0.425. The summed E-state index contributed by atoms with van der Waals surface area (Å²) in [5.74, 6) is 0.658. The average molecular weight is 268 g/mol. The van der Waals surface area contributed by atoms with Crippen LogP contribution < -0.4 is 5.73 Å². The number of nitrogens with two attached hydrogens (primary N) is 1. The van der Waals surface area contributed by atoms with Crippen LogP contribution in [0.4, 0.5) is 11.4 Å². The molecule has 0 saturated carbocycles. The summed E-state index contributed by atoms with van der Waals surface area (Å²) in [5, 5.41) is 10.8. The Morgan fingerprint density at radius 1 is 1.30 bits per heavy atom. The van der Waals surface area contributed by atoms with Gasteiger partial charge in [-0.25, -0.2) is 4.98 Å². The minimum Gasteiger partial charge on any atom is -0.398 e. The summed E-state index contributed by atoms with van der Waals surface area (Å²) < 4.78 is 0. The van der Waals surface area contributed by atoms with Gasteiger partial charge in [-0.15, -0.1) is 0 Å². The molecule has 6 heteroatoms. The molecule has 0 aliphatic heterocycles. The third-order valence-corrected chi connectivity index (χ3v) is 3.31. The standard InChI is InChI=1S/C14H12N4O2/c1-8-10(3-2-4-11(8)15)14-16-12-6-5-9(18(19)20)7-13(12)17-14/h2-7H,15H2,1H3,(H,16,17). The zero-order valence-corrected chi connectivity index (χ0v) is 10.8. The van der Waals surface area contributed by atoms with E-state index < -0.39 is 4.92 Å². The first-order chi connectivity index (χ1) is 9.56. The van der Waals surface area contributed by atoms with Gasteiger partial charge >= 0.3 is 0 Å². The maximum atomic E-state index is 10.8. The minimum absolute atomic E-state index is 0.0389. The lowest BCUT2D eigenvalue weighted by Gasteiger charge is -2.04. The molecule has 0 fully saturated rings. The van der Waals surface area contributed by atoms with Crippen molar-refractivity contribution in [2.75, 3.05) is 5.73 Å². The Balaban J connectivity index is 2.18. The Morgan fingerprint density at radius 3 is 2.85 bits per heavy atom. The zero-order valence-electron chi connectivity index (χ0n) is 10.8. The second kappa shape index (κ2) is 4.34. The van der Waals surface area contributed by atoms with Crippen molar-refractivity contribution in [2.24, 2.45) is 0 Å². The van der Waals surface area contributed by atoms with Crippen LogP contribution >= 0.6 is 0 Å². The van der Waals surface area contributed by atoms with E-state index in [4.69, 9.17) is 5.73 Å². The lowest BCUT2D eigenvalue weighted by molar-refractivity contribution is -0.384. The van der Waals surface area contributed by atoms with Crippen LogP contribution in [0.5, 0.6) is 0 Å². The maximum Gasteiger partial charge on any atom is 0.271 e. The predicted molar refractivity (Wildman–Crippen MR) is 77.3 cm³/mol. The number of non-ortho nitro benzene ring substituents is 1. The lowest BCUT2D eigenvalue weighted by atomic mass is 10.1. The first-order valence-corrected chi connectivity index (χ1v) is 6.06. The number of rotatable bonds is 2. The Morgan fingerprint density at radius 2 is 2.10 bits per heavy atom. The molecule has 0 spiro atoms. The van der Waals surface area contributed by atoms with Gasteiger partial charge in [0.2, 0.25) is 0 Å². The quantitative estimate of drug-likeness (QED) is 0.424. The molecule has 3 rings (SSSR count). The summed E-state index contributed by atoms with van der Waals surface area (Å²) in [6.45, 7) is 1.92. The lowest BCUT2D eigenvalue weighted by Crippen LogP contribution is -1.92. The van der Waals surface area contributed by atoms with Crippen molar-refractivity contribution < 1.29 is 4.92 Å². The molecule has 0 saturated heterocycles. The molecule has 1 heterocycles. The second-order valence-electron chi connectivity index (χ2n) is 4.56. The highest BCUT2D eigenvalue weighted by atomic mass is 16.6. The highest BCUT2D eigenvalue weighted by Crippen LogP contribution is 2.28. The Labute approximate surface area is 114 Å². The Kier molecular flexibility index (Phi) is 2.64. The summed E-state index contributed by atoms with van der Waals surface area (Å²) in [4.78, 5) is 17.9. The van der Waals surface area contributed by atoms with E-state index in [9.17, 15) is 10.1 Å². The van der Waals surface area contributed by atoms with Gasteiger partial charge in [0.1, 0.15) is 5.82 Å². The van der Waals surface area contributed by atoms with E-state index >= 15 is 0 Å². The molecular weight excluding hydrogens is 256 g/mol. The summed E-state index contributed by atoms with van der Waals surface area (Å²) in [7, 11) is 0. The number of aromatic nitrogens is 2. The number of nitrogens with zero attached hydrogens (tertiary/aromatic N) is 2.